The van der Waals surface area contributed by atoms with E-state index in [4.69, 9.17) is 5.11 Å². The molecule has 0 spiro atoms. The number of amides is 2. The van der Waals surface area contributed by atoms with E-state index in [0.29, 0.717) is 12.5 Å². The van der Waals surface area contributed by atoms with Gasteiger partial charge < -0.3 is 15.7 Å². The Morgan fingerprint density at radius 2 is 2.10 bits per heavy atom. The summed E-state index contributed by atoms with van der Waals surface area (Å²) in [6, 6.07) is 0.178. The second kappa shape index (κ2) is 8.97. The van der Waals surface area contributed by atoms with Crippen molar-refractivity contribution in [1.29, 1.82) is 0 Å². The maximum Gasteiger partial charge on any atom is 0.315 e. The van der Waals surface area contributed by atoms with Crippen LogP contribution in [0.2, 0.25) is 0 Å². The van der Waals surface area contributed by atoms with Crippen molar-refractivity contribution >= 4 is 6.03 Å². The van der Waals surface area contributed by atoms with Crippen molar-refractivity contribution in [2.24, 2.45) is 5.92 Å². The number of rotatable bonds is 7. The van der Waals surface area contributed by atoms with Crippen molar-refractivity contribution in [2.45, 2.75) is 39.2 Å². The molecule has 1 heterocycles. The Kier molecular flexibility index (Phi) is 7.62. The molecule has 1 rings (SSSR count). The van der Waals surface area contributed by atoms with E-state index in [1.54, 1.807) is 0 Å². The number of urea groups is 1. The van der Waals surface area contributed by atoms with Crippen LogP contribution in [0.4, 0.5) is 4.79 Å². The molecular formula is C15H29N3O2. The van der Waals surface area contributed by atoms with Crippen molar-refractivity contribution < 1.29 is 9.90 Å². The average molecular weight is 283 g/mol. The molecule has 1 saturated heterocycles. The van der Waals surface area contributed by atoms with E-state index in [1.165, 1.54) is 5.57 Å². The number of hydrogen-bond acceptors (Lipinski definition) is 3. The first-order chi connectivity index (χ1) is 9.51. The van der Waals surface area contributed by atoms with Crippen LogP contribution in [0.1, 0.15) is 33.1 Å². The Labute approximate surface area is 122 Å². The van der Waals surface area contributed by atoms with Crippen molar-refractivity contribution in [3.8, 4) is 0 Å². The van der Waals surface area contributed by atoms with Gasteiger partial charge >= 0.3 is 6.03 Å². The zero-order valence-corrected chi connectivity index (χ0v) is 12.8. The summed E-state index contributed by atoms with van der Waals surface area (Å²) in [4.78, 5) is 14.1. The van der Waals surface area contributed by atoms with Crippen LogP contribution in [-0.2, 0) is 0 Å². The number of hydrogen-bond donors (Lipinski definition) is 3. The van der Waals surface area contributed by atoms with Gasteiger partial charge in [-0.15, -0.1) is 0 Å². The van der Waals surface area contributed by atoms with Crippen molar-refractivity contribution in [3.63, 3.8) is 0 Å². The molecule has 0 aromatic carbocycles. The monoisotopic (exact) mass is 283 g/mol. The van der Waals surface area contributed by atoms with Crippen LogP contribution in [0.5, 0.6) is 0 Å². The second-order valence-electron chi connectivity index (χ2n) is 5.98. The summed E-state index contributed by atoms with van der Waals surface area (Å²) in [6.45, 7) is 11.8. The van der Waals surface area contributed by atoms with Crippen LogP contribution in [0, 0.1) is 5.92 Å². The first-order valence-corrected chi connectivity index (χ1v) is 7.53. The van der Waals surface area contributed by atoms with Crippen molar-refractivity contribution in [3.05, 3.63) is 12.2 Å². The highest BCUT2D eigenvalue weighted by Crippen LogP contribution is 2.11. The third-order valence-electron chi connectivity index (χ3n) is 3.65. The fraction of sp³-hybridized carbons (Fsp3) is 0.800. The Morgan fingerprint density at radius 1 is 1.45 bits per heavy atom. The van der Waals surface area contributed by atoms with E-state index >= 15 is 0 Å². The number of nitrogens with one attached hydrogen (secondary N) is 2. The van der Waals surface area contributed by atoms with Gasteiger partial charge in [0.05, 0.1) is 0 Å². The van der Waals surface area contributed by atoms with Crippen LogP contribution < -0.4 is 10.6 Å². The van der Waals surface area contributed by atoms with E-state index in [-0.39, 0.29) is 18.7 Å². The number of piperidine rings is 1. The number of carbonyl (C=O) groups excluding carboxylic acids is 1. The molecule has 5 heteroatoms. The summed E-state index contributed by atoms with van der Waals surface area (Å²) >= 11 is 0. The fourth-order valence-corrected chi connectivity index (χ4v) is 2.44. The topological polar surface area (TPSA) is 64.6 Å². The maximum absolute atomic E-state index is 11.8. The zero-order valence-electron chi connectivity index (χ0n) is 12.8. The molecule has 0 saturated carbocycles. The van der Waals surface area contributed by atoms with Crippen LogP contribution in [0.3, 0.4) is 0 Å². The Bertz CT molecular complexity index is 312. The van der Waals surface area contributed by atoms with Crippen LogP contribution in [0.25, 0.3) is 0 Å². The minimum Gasteiger partial charge on any atom is -0.396 e. The first kappa shape index (κ1) is 17.0. The lowest BCUT2D eigenvalue weighted by molar-refractivity contribution is 0.200. The smallest absolute Gasteiger partial charge is 0.315 e. The van der Waals surface area contributed by atoms with Crippen LogP contribution in [-0.4, -0.2) is 54.9 Å². The van der Waals surface area contributed by atoms with Gasteiger partial charge in [0.2, 0.25) is 0 Å². The lowest BCUT2D eigenvalue weighted by Crippen LogP contribution is -2.48. The lowest BCUT2D eigenvalue weighted by Gasteiger charge is -2.32. The molecule has 1 aliphatic heterocycles. The summed E-state index contributed by atoms with van der Waals surface area (Å²) in [7, 11) is 0. The largest absolute Gasteiger partial charge is 0.396 e. The molecule has 20 heavy (non-hydrogen) atoms. The van der Waals surface area contributed by atoms with Gasteiger partial charge in [0.1, 0.15) is 0 Å². The van der Waals surface area contributed by atoms with Gasteiger partial charge in [0.15, 0.2) is 0 Å². The molecule has 2 amide bonds. The van der Waals surface area contributed by atoms with E-state index in [9.17, 15) is 4.79 Å². The van der Waals surface area contributed by atoms with Gasteiger partial charge in [-0.05, 0) is 32.1 Å². The minimum absolute atomic E-state index is 0.0897. The van der Waals surface area contributed by atoms with Gasteiger partial charge in [-0.2, -0.15) is 0 Å². The summed E-state index contributed by atoms with van der Waals surface area (Å²) in [5, 5.41) is 14.7. The maximum atomic E-state index is 11.8. The Hall–Kier alpha value is -1.07. The van der Waals surface area contributed by atoms with Crippen LogP contribution >= 0.6 is 0 Å². The molecule has 0 aromatic heterocycles. The van der Waals surface area contributed by atoms with Gasteiger partial charge in [-0.1, -0.05) is 19.1 Å². The second-order valence-corrected chi connectivity index (χ2v) is 5.98. The molecule has 116 valence electrons. The van der Waals surface area contributed by atoms with Crippen molar-refractivity contribution in [1.82, 2.24) is 15.5 Å². The lowest BCUT2D eigenvalue weighted by atomic mass is 10.0. The summed E-state index contributed by atoms with van der Waals surface area (Å²) < 4.78 is 0. The zero-order chi connectivity index (χ0) is 15.0. The van der Waals surface area contributed by atoms with E-state index in [1.807, 2.05) is 13.8 Å². The molecule has 0 radical (unpaired) electrons. The number of likely N-dealkylation sites (tertiary alicyclic amines) is 1. The number of aliphatic hydroxyl groups is 1. The summed E-state index contributed by atoms with van der Waals surface area (Å²) in [6.07, 6.45) is 2.71. The van der Waals surface area contributed by atoms with Gasteiger partial charge in [-0.3, -0.25) is 4.90 Å². The minimum atomic E-state index is -0.0897. The quantitative estimate of drug-likeness (QED) is 0.618. The number of aliphatic hydroxyl groups excluding tert-OH is 1. The Balaban J connectivity index is 2.16. The van der Waals surface area contributed by atoms with Crippen molar-refractivity contribution in [2.75, 3.05) is 32.8 Å². The fourth-order valence-electron chi connectivity index (χ4n) is 2.44. The highest BCUT2D eigenvalue weighted by molar-refractivity contribution is 5.74. The third-order valence-corrected chi connectivity index (χ3v) is 3.65. The number of nitrogens with zero attached hydrogens (tertiary/aromatic N) is 1. The predicted molar refractivity (Wildman–Crippen MR) is 81.7 cm³/mol. The highest BCUT2D eigenvalue weighted by Gasteiger charge is 2.20. The van der Waals surface area contributed by atoms with E-state index in [0.717, 1.165) is 38.9 Å². The highest BCUT2D eigenvalue weighted by atomic mass is 16.3. The van der Waals surface area contributed by atoms with Gasteiger partial charge in [0.25, 0.3) is 0 Å². The molecule has 1 aliphatic rings. The standard InChI is InChI=1S/C15H29N3O2/c1-12(2)11-18-7-4-14(5-8-18)17-15(20)16-10-13(3)6-9-19/h13-14,19H,1,4-11H2,2-3H3,(H2,16,17,20). The number of carbonyl (C=O) groups is 1. The normalized spacial score (nSPS) is 18.6. The van der Waals surface area contributed by atoms with E-state index in [2.05, 4.69) is 22.1 Å². The SMILES string of the molecule is C=C(C)CN1CCC(NC(=O)NCC(C)CCO)CC1. The molecule has 0 aliphatic carbocycles. The molecule has 1 unspecified atom stereocenters. The summed E-state index contributed by atoms with van der Waals surface area (Å²) in [5.41, 5.74) is 1.19. The molecule has 5 nitrogen and oxygen atoms in total. The molecule has 3 N–H and O–H groups in total. The molecular weight excluding hydrogens is 254 g/mol. The molecule has 0 aromatic rings. The van der Waals surface area contributed by atoms with Crippen LogP contribution in [0.15, 0.2) is 12.2 Å². The van der Waals surface area contributed by atoms with Gasteiger partial charge in [-0.25, -0.2) is 4.79 Å². The van der Waals surface area contributed by atoms with E-state index < -0.39 is 0 Å². The molecule has 1 atom stereocenters. The Morgan fingerprint density at radius 3 is 2.65 bits per heavy atom. The first-order valence-electron chi connectivity index (χ1n) is 7.53. The van der Waals surface area contributed by atoms with Gasteiger partial charge in [0, 0.05) is 38.8 Å². The third kappa shape index (κ3) is 6.91. The predicted octanol–water partition coefficient (Wildman–Crippen LogP) is 1.34. The molecule has 1 fully saturated rings. The summed E-state index contributed by atoms with van der Waals surface area (Å²) in [5.74, 6) is 0.308. The average Bonchev–Trinajstić information content (AvgIpc) is 2.38. The molecule has 0 bridgehead atoms.